The van der Waals surface area contributed by atoms with Crippen molar-refractivity contribution in [3.05, 3.63) is 153 Å². The van der Waals surface area contributed by atoms with Crippen molar-refractivity contribution in [2.45, 2.75) is 174 Å². The van der Waals surface area contributed by atoms with Crippen LogP contribution in [0.1, 0.15) is 102 Å². The molecule has 0 amide bonds. The number of hydrogen-bond donors (Lipinski definition) is 4. The maximum absolute atomic E-state index is 14.7. The van der Waals surface area contributed by atoms with Crippen molar-refractivity contribution in [1.29, 1.82) is 0 Å². The van der Waals surface area contributed by atoms with Crippen LogP contribution in [0.2, 0.25) is 36.3 Å². The number of nitro benzene ring substituents is 2. The zero-order chi connectivity index (χ0) is 80.6. The number of nitrogens with zero attached hydrogens (tertiary/aromatic N) is 21. The molecular weight excluding hydrogens is 1460 g/mol. The Balaban J connectivity index is 0.000000190. The molecule has 0 bridgehead atoms. The van der Waals surface area contributed by atoms with E-state index in [2.05, 4.69) is 149 Å². The van der Waals surface area contributed by atoms with E-state index >= 15 is 0 Å². The number of aryl methyl sites for hydroxylation is 4. The van der Waals surface area contributed by atoms with Crippen LogP contribution in [-0.2, 0) is 37.0 Å². The highest BCUT2D eigenvalue weighted by molar-refractivity contribution is 6.74. The molecule has 7 heterocycles. The zero-order valence-electron chi connectivity index (χ0n) is 64.5. The van der Waals surface area contributed by atoms with E-state index in [4.69, 9.17) is 28.8 Å². The molecule has 5 aromatic heterocycles. The smallest absolute Gasteiger partial charge is 0.368 e. The maximum atomic E-state index is 14.7. The van der Waals surface area contributed by atoms with E-state index in [9.17, 15) is 53.3 Å². The van der Waals surface area contributed by atoms with Crippen LogP contribution in [0.25, 0.3) is 22.7 Å². The standard InChI is InChI=1S/C25H34FN9O3.C17H27N5O5Si.C17H29N5O3Si.C8H6FN5O3/c1-15(14-36)38-21-8-7-16(11-20(21)35-24(37)33(4)31-32-35)29-23-27-13-19(26)22(30-23)28-17-10-18-6-5-9-34(18)25(2,3)12-17;1-12(11-26-28(6,7)17(2,3)4)27-15-9-8-13(22(24)25)10-14(15)21-16(23)20(5)18-19-21;1-12(11-24-26(6,7)17(2,3)4)25-15-9-8-13(18)10-14(15)22-16(23)21(5)19-20-22;1-12-8(15)13(11-10-12)7-4-5(14(16)17)2-3-6(7)9/h7-8,11,13,15,17-18,36H,5-6,9-10,12,14H2,1-4H3,(H2,27,28,29,30);8-10,12H,11H2,1-7H3;8-10,12H,11,18H2,1-7H3;2-4H,1H3/t15-,17+,18-;2*12-;/m000./s1. The van der Waals surface area contributed by atoms with Crippen LogP contribution in [0.3, 0.4) is 0 Å². The molecule has 0 radical (unpaired) electrons. The number of benzene rings is 4. The van der Waals surface area contributed by atoms with E-state index in [0.717, 1.165) is 78.3 Å². The largest absolute Gasteiger partial charge is 0.486 e. The van der Waals surface area contributed by atoms with Gasteiger partial charge in [0.05, 0.1) is 35.9 Å². The minimum absolute atomic E-state index is 0.0355. The van der Waals surface area contributed by atoms with Crippen LogP contribution in [0.15, 0.2) is 98.2 Å². The van der Waals surface area contributed by atoms with E-state index in [-0.39, 0.29) is 80.7 Å². The summed E-state index contributed by atoms with van der Waals surface area (Å²) in [6, 6.07) is 17.5. The van der Waals surface area contributed by atoms with Gasteiger partial charge in [-0.25, -0.2) is 32.9 Å². The summed E-state index contributed by atoms with van der Waals surface area (Å²) in [5.74, 6) is 0.169. The van der Waals surface area contributed by atoms with Gasteiger partial charge in [-0.15, -0.1) is 0 Å². The fourth-order valence-corrected chi connectivity index (χ4v) is 13.2. The number of nitrogen functional groups attached to an aromatic ring is 1. The molecule has 2 aliphatic rings. The zero-order valence-corrected chi connectivity index (χ0v) is 66.5. The van der Waals surface area contributed by atoms with Gasteiger partial charge in [0.25, 0.3) is 11.4 Å². The molecule has 0 saturated carbocycles. The van der Waals surface area contributed by atoms with Gasteiger partial charge in [0.15, 0.2) is 28.3 Å². The second-order valence-corrected chi connectivity index (χ2v) is 39.7. The van der Waals surface area contributed by atoms with Gasteiger partial charge in [-0.1, -0.05) is 41.5 Å². The Morgan fingerprint density at radius 2 is 1.04 bits per heavy atom. The van der Waals surface area contributed by atoms with Gasteiger partial charge in [0, 0.05) is 81.5 Å². The first-order chi connectivity index (χ1) is 50.9. The monoisotopic (exact) mass is 1550 g/mol. The Hall–Kier alpha value is -10.8. The van der Waals surface area contributed by atoms with Gasteiger partial charge in [0.1, 0.15) is 64.1 Å². The fraction of sp³-hybridized carbons (Fsp3) is 0.522. The number of nitrogens with one attached hydrogen (secondary N) is 2. The van der Waals surface area contributed by atoms with Crippen molar-refractivity contribution in [2.75, 3.05) is 42.7 Å². The quantitative estimate of drug-likeness (QED) is 0.0212. The molecule has 0 unspecified atom stereocenters. The number of anilines is 4. The third kappa shape index (κ3) is 20.5. The molecule has 2 aliphatic heterocycles. The molecule has 2 fully saturated rings. The van der Waals surface area contributed by atoms with E-state index < -0.39 is 61.3 Å². The molecule has 2 saturated heterocycles. The van der Waals surface area contributed by atoms with E-state index in [1.165, 1.54) is 57.5 Å². The second kappa shape index (κ2) is 34.2. The number of rotatable bonds is 23. The number of piperidine rings is 1. The highest BCUT2D eigenvalue weighted by Gasteiger charge is 2.44. The van der Waals surface area contributed by atoms with Crippen molar-refractivity contribution >= 4 is 51.2 Å². The summed E-state index contributed by atoms with van der Waals surface area (Å²) in [6.07, 6.45) is 4.30. The Kier molecular flexibility index (Phi) is 26.3. The van der Waals surface area contributed by atoms with Crippen LogP contribution < -0.4 is 53.3 Å². The fourth-order valence-electron chi connectivity index (χ4n) is 11.0. The number of nitrogens with two attached hydrogens (primary N) is 1. The van der Waals surface area contributed by atoms with Crippen LogP contribution >= 0.6 is 0 Å². The summed E-state index contributed by atoms with van der Waals surface area (Å²) in [7, 11) is 2.00. The number of ether oxygens (including phenoxy) is 3. The van der Waals surface area contributed by atoms with E-state index in [0.29, 0.717) is 63.9 Å². The average molecular weight is 1560 g/mol. The third-order valence-electron chi connectivity index (χ3n) is 19.0. The predicted octanol–water partition coefficient (Wildman–Crippen LogP) is 7.23. The number of fused-ring (bicyclic) bond motifs is 1. The molecule has 42 heteroatoms. The molecular formula is C67H96F2N24O14Si2. The number of halogens is 2. The van der Waals surface area contributed by atoms with Crippen molar-refractivity contribution in [2.24, 2.45) is 28.2 Å². The first-order valence-electron chi connectivity index (χ1n) is 34.9. The summed E-state index contributed by atoms with van der Waals surface area (Å²) in [5.41, 5.74) is 5.00. The van der Waals surface area contributed by atoms with Gasteiger partial charge in [-0.05, 0) is 193 Å². The minimum atomic E-state index is -1.94. The molecule has 11 rings (SSSR count). The molecule has 5 N–H and O–H groups in total. The molecule has 0 aliphatic carbocycles. The number of tetrazole rings is 4. The number of aromatic nitrogens is 18. The average Bonchev–Trinajstić information content (AvgIpc) is 1.70. The molecule has 5 atom stereocenters. The summed E-state index contributed by atoms with van der Waals surface area (Å²) in [4.78, 5) is 79.9. The van der Waals surface area contributed by atoms with Crippen molar-refractivity contribution in [3.8, 4) is 40.0 Å². The molecule has 4 aromatic carbocycles. The number of hydrogen-bond acceptors (Lipinski definition) is 28. The normalized spacial score (nSPS) is 15.9. The van der Waals surface area contributed by atoms with Gasteiger partial charge in [-0.2, -0.15) is 42.4 Å². The number of non-ortho nitro benzene ring substituents is 2. The Morgan fingerprint density at radius 3 is 1.49 bits per heavy atom. The summed E-state index contributed by atoms with van der Waals surface area (Å²) in [5, 5.41) is 67.2. The van der Waals surface area contributed by atoms with Crippen LogP contribution in [0.5, 0.6) is 17.2 Å². The summed E-state index contributed by atoms with van der Waals surface area (Å²) >= 11 is 0. The predicted molar refractivity (Wildman–Crippen MR) is 403 cm³/mol. The van der Waals surface area contributed by atoms with Gasteiger partial charge in [0.2, 0.25) is 5.95 Å². The number of aliphatic hydroxyl groups is 1. The molecule has 38 nitrogen and oxygen atoms in total. The van der Waals surface area contributed by atoms with Crippen molar-refractivity contribution in [1.82, 2.24) is 94.0 Å². The van der Waals surface area contributed by atoms with Gasteiger partial charge in [-0.3, -0.25) is 25.1 Å². The van der Waals surface area contributed by atoms with Gasteiger partial charge < -0.3 is 44.5 Å². The molecule has 0 spiro atoms. The van der Waals surface area contributed by atoms with Crippen LogP contribution in [0.4, 0.5) is 43.3 Å². The highest BCUT2D eigenvalue weighted by Crippen LogP contribution is 2.41. The Morgan fingerprint density at radius 1 is 0.615 bits per heavy atom. The molecule has 590 valence electrons. The number of aliphatic hydroxyl groups excluding tert-OH is 1. The second-order valence-electron chi connectivity index (χ2n) is 30.1. The lowest BCUT2D eigenvalue weighted by Gasteiger charge is -2.47. The first kappa shape index (κ1) is 83.8. The maximum Gasteiger partial charge on any atom is 0.368 e. The van der Waals surface area contributed by atoms with Gasteiger partial charge >= 0.3 is 22.8 Å². The Bertz CT molecular complexity index is 4940. The molecule has 109 heavy (non-hydrogen) atoms. The lowest BCUT2D eigenvalue weighted by molar-refractivity contribution is -0.385. The minimum Gasteiger partial charge on any atom is -0.486 e. The van der Waals surface area contributed by atoms with Crippen LogP contribution in [-0.4, -0.2) is 188 Å². The summed E-state index contributed by atoms with van der Waals surface area (Å²) < 4.78 is 66.4. The lowest BCUT2D eigenvalue weighted by Crippen LogP contribution is -2.55. The topological polar surface area (TPSA) is 443 Å². The SMILES string of the molecule is C[C@@H](CO)Oc1ccc(Nc2ncc(F)c(N[C@@H]3C[C@@H]4CCCN4C(C)(C)C3)n2)cc1-n1nnn(C)c1=O.C[C@@H](CO[Si](C)(C)C(C)(C)C)Oc1ccc(N)cc1-n1nnn(C)c1=O.C[C@@H](CO[Si](C)(C)C(C)(C)C)Oc1ccc([N+](=O)[O-])cc1-n1nnn(C)c1=O.Cn1nnn(-c2cc([N+](=O)[O-])ccc2F)c1=O. The van der Waals surface area contributed by atoms with Crippen molar-refractivity contribution < 1.29 is 46.8 Å². The Labute approximate surface area is 627 Å². The first-order valence-corrected chi connectivity index (χ1v) is 40.7. The van der Waals surface area contributed by atoms with Crippen molar-refractivity contribution in [3.63, 3.8) is 0 Å². The highest BCUT2D eigenvalue weighted by atomic mass is 28.4. The lowest BCUT2D eigenvalue weighted by atomic mass is 9.84. The van der Waals surface area contributed by atoms with E-state index in [1.54, 1.807) is 43.3 Å². The van der Waals surface area contributed by atoms with Crippen LogP contribution in [0, 0.1) is 31.9 Å². The summed E-state index contributed by atoms with van der Waals surface area (Å²) in [6.45, 7) is 33.5. The number of nitro groups is 2. The van der Waals surface area contributed by atoms with E-state index in [1.807, 2.05) is 13.8 Å². The third-order valence-corrected chi connectivity index (χ3v) is 28.0. The molecule has 9 aromatic rings.